The molecule has 22 heavy (non-hydrogen) atoms. The van der Waals surface area contributed by atoms with Crippen molar-refractivity contribution in [3.05, 3.63) is 47.4 Å². The van der Waals surface area contributed by atoms with Crippen LogP contribution in [0.25, 0.3) is 0 Å². The molecule has 2 aromatic rings. The Morgan fingerprint density at radius 2 is 2.27 bits per heavy atom. The normalized spacial score (nSPS) is 17.9. The largest absolute Gasteiger partial charge is 0.436 e. The lowest BCUT2D eigenvalue weighted by Crippen LogP contribution is -2.48. The van der Waals surface area contributed by atoms with E-state index in [2.05, 4.69) is 15.3 Å². The summed E-state index contributed by atoms with van der Waals surface area (Å²) in [6.45, 7) is 5.67. The van der Waals surface area contributed by atoms with Gasteiger partial charge in [-0.3, -0.25) is 9.78 Å². The minimum absolute atomic E-state index is 0. The Kier molecular flexibility index (Phi) is 5.15. The number of aromatic nitrogens is 2. The number of nitrogens with zero attached hydrogens (tertiary/aromatic N) is 3. The Bertz CT molecular complexity index is 644. The van der Waals surface area contributed by atoms with Crippen LogP contribution < -0.4 is 5.32 Å². The maximum absolute atomic E-state index is 12.8. The number of pyridine rings is 1. The second kappa shape index (κ2) is 6.89. The third kappa shape index (κ3) is 3.13. The average Bonchev–Trinajstić information content (AvgIpc) is 2.86. The van der Waals surface area contributed by atoms with E-state index in [4.69, 9.17) is 4.42 Å². The summed E-state index contributed by atoms with van der Waals surface area (Å²) < 4.78 is 5.48. The highest BCUT2D eigenvalue weighted by atomic mass is 35.5. The Balaban J connectivity index is 0.00000176. The van der Waals surface area contributed by atoms with Crippen LogP contribution in [0, 0.1) is 13.8 Å². The predicted octanol–water partition coefficient (Wildman–Crippen LogP) is 1.89. The standard InChI is InChI=1S/C15H18N4O2.ClH/c1-10-14(21-11(2)18-10)15(20)19-7-6-17-9-13(19)12-4-3-5-16-8-12;/h3-5,8,13,17H,6-7,9H2,1-2H3;1H. The maximum atomic E-state index is 12.8. The fraction of sp³-hybridized carbons (Fsp3) is 0.400. The van der Waals surface area contributed by atoms with Crippen LogP contribution in [0.1, 0.15) is 33.7 Å². The van der Waals surface area contributed by atoms with Gasteiger partial charge in [0.15, 0.2) is 5.89 Å². The first-order chi connectivity index (χ1) is 10.2. The van der Waals surface area contributed by atoms with Crippen LogP contribution in [-0.2, 0) is 0 Å². The second-order valence-electron chi connectivity index (χ2n) is 5.15. The van der Waals surface area contributed by atoms with Crippen LogP contribution in [0.4, 0.5) is 0 Å². The van der Waals surface area contributed by atoms with E-state index in [1.807, 2.05) is 17.0 Å². The van der Waals surface area contributed by atoms with Gasteiger partial charge in [-0.05, 0) is 18.6 Å². The van der Waals surface area contributed by atoms with E-state index in [1.54, 1.807) is 26.2 Å². The molecule has 0 aromatic carbocycles. The highest BCUT2D eigenvalue weighted by Gasteiger charge is 2.31. The molecule has 0 aliphatic carbocycles. The minimum atomic E-state index is -0.108. The van der Waals surface area contributed by atoms with E-state index in [9.17, 15) is 4.79 Å². The Morgan fingerprint density at radius 3 is 2.91 bits per heavy atom. The Morgan fingerprint density at radius 1 is 1.45 bits per heavy atom. The van der Waals surface area contributed by atoms with Crippen molar-refractivity contribution in [2.45, 2.75) is 19.9 Å². The molecule has 1 saturated heterocycles. The molecule has 6 nitrogen and oxygen atoms in total. The highest BCUT2D eigenvalue weighted by Crippen LogP contribution is 2.24. The molecular weight excluding hydrogens is 304 g/mol. The zero-order valence-electron chi connectivity index (χ0n) is 12.6. The molecule has 3 rings (SSSR count). The molecule has 0 bridgehead atoms. The zero-order chi connectivity index (χ0) is 14.8. The van der Waals surface area contributed by atoms with Crippen molar-refractivity contribution in [1.82, 2.24) is 20.2 Å². The van der Waals surface area contributed by atoms with Gasteiger partial charge in [0.2, 0.25) is 5.76 Å². The fourth-order valence-electron chi connectivity index (χ4n) is 2.68. The van der Waals surface area contributed by atoms with Crippen LogP contribution >= 0.6 is 12.4 Å². The van der Waals surface area contributed by atoms with Crippen molar-refractivity contribution in [2.24, 2.45) is 0 Å². The summed E-state index contributed by atoms with van der Waals surface area (Å²) >= 11 is 0. The number of piperazine rings is 1. The topological polar surface area (TPSA) is 71.3 Å². The molecule has 1 aliphatic rings. The van der Waals surface area contributed by atoms with Gasteiger partial charge in [-0.15, -0.1) is 12.4 Å². The van der Waals surface area contributed by atoms with Gasteiger partial charge in [0.05, 0.1) is 11.7 Å². The lowest BCUT2D eigenvalue weighted by atomic mass is 10.0. The smallest absolute Gasteiger partial charge is 0.292 e. The van der Waals surface area contributed by atoms with Crippen LogP contribution in [0.15, 0.2) is 28.9 Å². The number of hydrogen-bond donors (Lipinski definition) is 1. The molecule has 7 heteroatoms. The van der Waals surface area contributed by atoms with Gasteiger partial charge in [-0.25, -0.2) is 4.98 Å². The number of carbonyl (C=O) groups excluding carboxylic acids is 1. The van der Waals surface area contributed by atoms with E-state index < -0.39 is 0 Å². The first-order valence-electron chi connectivity index (χ1n) is 7.02. The van der Waals surface area contributed by atoms with Gasteiger partial charge in [-0.2, -0.15) is 0 Å². The van der Waals surface area contributed by atoms with Crippen molar-refractivity contribution in [3.63, 3.8) is 0 Å². The van der Waals surface area contributed by atoms with Crippen molar-refractivity contribution < 1.29 is 9.21 Å². The predicted molar refractivity (Wildman–Crippen MR) is 84.1 cm³/mol. The van der Waals surface area contributed by atoms with E-state index in [-0.39, 0.29) is 24.4 Å². The van der Waals surface area contributed by atoms with Gasteiger partial charge in [-0.1, -0.05) is 6.07 Å². The molecule has 0 radical (unpaired) electrons. The number of rotatable bonds is 2. The van der Waals surface area contributed by atoms with Crippen LogP contribution in [0.3, 0.4) is 0 Å². The quantitative estimate of drug-likeness (QED) is 0.914. The summed E-state index contributed by atoms with van der Waals surface area (Å²) in [5, 5.41) is 3.32. The first-order valence-corrected chi connectivity index (χ1v) is 7.02. The number of carbonyl (C=O) groups is 1. The number of oxazole rings is 1. The van der Waals surface area contributed by atoms with E-state index in [1.165, 1.54) is 0 Å². The molecule has 118 valence electrons. The van der Waals surface area contributed by atoms with Gasteiger partial charge in [0, 0.05) is 39.0 Å². The third-order valence-corrected chi connectivity index (χ3v) is 3.67. The van der Waals surface area contributed by atoms with Crippen molar-refractivity contribution in [1.29, 1.82) is 0 Å². The molecule has 0 spiro atoms. The van der Waals surface area contributed by atoms with Crippen LogP contribution in [0.2, 0.25) is 0 Å². The summed E-state index contributed by atoms with van der Waals surface area (Å²) in [6.07, 6.45) is 3.53. The Labute approximate surface area is 135 Å². The van der Waals surface area contributed by atoms with Crippen molar-refractivity contribution in [3.8, 4) is 0 Å². The molecule has 0 saturated carbocycles. The van der Waals surface area contributed by atoms with E-state index >= 15 is 0 Å². The summed E-state index contributed by atoms with van der Waals surface area (Å²) in [5.74, 6) is 0.746. The third-order valence-electron chi connectivity index (χ3n) is 3.67. The SMILES string of the molecule is Cc1nc(C)c(C(=O)N2CCNCC2c2cccnc2)o1.Cl. The molecule has 1 N–H and O–H groups in total. The molecule has 1 atom stereocenters. The summed E-state index contributed by atoms with van der Waals surface area (Å²) in [7, 11) is 0. The molecule has 1 fully saturated rings. The Hall–Kier alpha value is -1.92. The molecule has 1 unspecified atom stereocenters. The van der Waals surface area contributed by atoms with Crippen molar-refractivity contribution in [2.75, 3.05) is 19.6 Å². The summed E-state index contributed by atoms with van der Waals surface area (Å²) in [5.41, 5.74) is 1.66. The van der Waals surface area contributed by atoms with Gasteiger partial charge >= 0.3 is 0 Å². The molecular formula is C15H19ClN4O2. The van der Waals surface area contributed by atoms with E-state index in [0.29, 0.717) is 30.4 Å². The van der Waals surface area contributed by atoms with E-state index in [0.717, 1.165) is 12.1 Å². The zero-order valence-corrected chi connectivity index (χ0v) is 13.4. The summed E-state index contributed by atoms with van der Waals surface area (Å²) in [4.78, 5) is 22.9. The van der Waals surface area contributed by atoms with Crippen LogP contribution in [0.5, 0.6) is 0 Å². The molecule has 1 aliphatic heterocycles. The number of halogens is 1. The number of amides is 1. The van der Waals surface area contributed by atoms with Crippen LogP contribution in [-0.4, -0.2) is 40.4 Å². The lowest BCUT2D eigenvalue weighted by Gasteiger charge is -2.35. The first kappa shape index (κ1) is 16.5. The van der Waals surface area contributed by atoms with Gasteiger partial charge in [0.1, 0.15) is 0 Å². The highest BCUT2D eigenvalue weighted by molar-refractivity contribution is 5.92. The number of hydrogen-bond acceptors (Lipinski definition) is 5. The number of nitrogens with one attached hydrogen (secondary N) is 1. The van der Waals surface area contributed by atoms with Gasteiger partial charge < -0.3 is 14.6 Å². The second-order valence-corrected chi connectivity index (χ2v) is 5.15. The molecule has 3 heterocycles. The number of aryl methyl sites for hydroxylation is 2. The summed E-state index contributed by atoms with van der Waals surface area (Å²) in [6, 6.07) is 3.84. The maximum Gasteiger partial charge on any atom is 0.292 e. The lowest BCUT2D eigenvalue weighted by molar-refractivity contribution is 0.0599. The van der Waals surface area contributed by atoms with Gasteiger partial charge in [0.25, 0.3) is 5.91 Å². The minimum Gasteiger partial charge on any atom is -0.436 e. The average molecular weight is 323 g/mol. The monoisotopic (exact) mass is 322 g/mol. The molecule has 1 amide bonds. The molecule has 2 aromatic heterocycles. The fourth-order valence-corrected chi connectivity index (χ4v) is 2.68. The van der Waals surface area contributed by atoms with Crippen molar-refractivity contribution >= 4 is 18.3 Å².